The number of hydrogen-bond donors (Lipinski definition) is 1. The van der Waals surface area contributed by atoms with Crippen LogP contribution in [0.15, 0.2) is 6.33 Å². The van der Waals surface area contributed by atoms with Crippen LogP contribution in [0.5, 0.6) is 0 Å². The molecule has 2 rings (SSSR count). The van der Waals surface area contributed by atoms with Crippen LogP contribution < -0.4 is 5.32 Å². The van der Waals surface area contributed by atoms with Crippen LogP contribution in [0, 0.1) is 0 Å². The number of piperidine rings is 1. The second-order valence-corrected chi connectivity index (χ2v) is 4.68. The van der Waals surface area contributed by atoms with Crippen molar-refractivity contribution in [3.8, 4) is 0 Å². The highest BCUT2D eigenvalue weighted by Crippen LogP contribution is 2.16. The van der Waals surface area contributed by atoms with E-state index < -0.39 is 6.17 Å². The maximum Gasteiger partial charge on any atom is 0.138 e. The summed E-state index contributed by atoms with van der Waals surface area (Å²) < 4.78 is 15.9. The highest BCUT2D eigenvalue weighted by molar-refractivity contribution is 4.92. The van der Waals surface area contributed by atoms with E-state index in [0.717, 1.165) is 44.6 Å². The molecule has 1 aromatic rings. The monoisotopic (exact) mass is 240 g/mol. The third kappa shape index (κ3) is 3.25. The van der Waals surface area contributed by atoms with Crippen molar-refractivity contribution in [2.24, 2.45) is 0 Å². The van der Waals surface area contributed by atoms with Gasteiger partial charge in [0.05, 0.1) is 0 Å². The number of alkyl halides is 1. The van der Waals surface area contributed by atoms with E-state index in [2.05, 4.69) is 22.3 Å². The average molecular weight is 240 g/mol. The van der Waals surface area contributed by atoms with E-state index in [1.165, 1.54) is 6.33 Å². The Hall–Kier alpha value is -0.970. The lowest BCUT2D eigenvalue weighted by molar-refractivity contribution is 0.212. The zero-order valence-electron chi connectivity index (χ0n) is 10.4. The molecule has 1 aliphatic rings. The Morgan fingerprint density at radius 2 is 2.47 bits per heavy atom. The van der Waals surface area contributed by atoms with Gasteiger partial charge in [-0.2, -0.15) is 5.10 Å². The quantitative estimate of drug-likeness (QED) is 0.852. The summed E-state index contributed by atoms with van der Waals surface area (Å²) in [7, 11) is 0. The molecular weight excluding hydrogens is 219 g/mol. The van der Waals surface area contributed by atoms with Crippen molar-refractivity contribution in [2.45, 2.75) is 57.8 Å². The highest BCUT2D eigenvalue weighted by atomic mass is 19.1. The van der Waals surface area contributed by atoms with Crippen molar-refractivity contribution in [3.05, 3.63) is 12.2 Å². The molecule has 5 heteroatoms. The number of aromatic nitrogens is 3. The summed E-state index contributed by atoms with van der Waals surface area (Å²) >= 11 is 0. The largest absolute Gasteiger partial charge is 0.311 e. The lowest BCUT2D eigenvalue weighted by Gasteiger charge is -2.26. The highest BCUT2D eigenvalue weighted by Gasteiger charge is 2.24. The van der Waals surface area contributed by atoms with Gasteiger partial charge in [-0.05, 0) is 25.8 Å². The number of nitrogens with zero attached hydrogens (tertiary/aromatic N) is 3. The molecular formula is C12H21FN4. The molecule has 1 saturated heterocycles. The minimum absolute atomic E-state index is 0.00414. The van der Waals surface area contributed by atoms with Gasteiger partial charge in [-0.25, -0.2) is 9.37 Å². The molecule has 0 saturated carbocycles. The minimum Gasteiger partial charge on any atom is -0.311 e. The fourth-order valence-electron chi connectivity index (χ4n) is 2.35. The average Bonchev–Trinajstić information content (AvgIpc) is 2.78. The number of rotatable bonds is 5. The molecule has 2 atom stereocenters. The molecule has 2 unspecified atom stereocenters. The Morgan fingerprint density at radius 1 is 1.59 bits per heavy atom. The Balaban J connectivity index is 1.92. The summed E-state index contributed by atoms with van der Waals surface area (Å²) in [5.74, 6) is 0.770. The van der Waals surface area contributed by atoms with Crippen LogP contribution >= 0.6 is 0 Å². The van der Waals surface area contributed by atoms with Gasteiger partial charge in [0, 0.05) is 19.0 Å². The van der Waals surface area contributed by atoms with E-state index in [1.54, 1.807) is 0 Å². The summed E-state index contributed by atoms with van der Waals surface area (Å²) in [6.07, 6.45) is 5.26. The van der Waals surface area contributed by atoms with Crippen molar-refractivity contribution < 1.29 is 4.39 Å². The number of nitrogens with one attached hydrogen (secondary N) is 1. The van der Waals surface area contributed by atoms with Crippen LogP contribution in [0.3, 0.4) is 0 Å². The fraction of sp³-hybridized carbons (Fsp3) is 0.833. The van der Waals surface area contributed by atoms with Crippen LogP contribution in [0.1, 0.15) is 38.4 Å². The normalized spacial score (nSPS) is 22.6. The van der Waals surface area contributed by atoms with Crippen molar-refractivity contribution in [1.29, 1.82) is 0 Å². The van der Waals surface area contributed by atoms with Gasteiger partial charge in [-0.15, -0.1) is 0 Å². The molecule has 1 N–H and O–H groups in total. The van der Waals surface area contributed by atoms with Crippen LogP contribution in [0.25, 0.3) is 0 Å². The first kappa shape index (κ1) is 12.5. The molecule has 2 heterocycles. The van der Waals surface area contributed by atoms with Crippen LogP contribution in [-0.4, -0.2) is 33.5 Å². The molecule has 1 fully saturated rings. The van der Waals surface area contributed by atoms with E-state index in [1.807, 2.05) is 4.68 Å². The fourth-order valence-corrected chi connectivity index (χ4v) is 2.35. The molecule has 0 spiro atoms. The third-order valence-corrected chi connectivity index (χ3v) is 3.29. The van der Waals surface area contributed by atoms with Gasteiger partial charge in [-0.3, -0.25) is 4.68 Å². The van der Waals surface area contributed by atoms with Crippen molar-refractivity contribution >= 4 is 0 Å². The molecule has 0 aliphatic carbocycles. The zero-order chi connectivity index (χ0) is 12.1. The second kappa shape index (κ2) is 6.10. The molecule has 17 heavy (non-hydrogen) atoms. The standard InChI is InChI=1S/C12H21FN4/c1-2-7-17-12(15-9-16-17)8-10(13)11-5-3-4-6-14-11/h9-11,14H,2-8H2,1H3. The van der Waals surface area contributed by atoms with Crippen LogP contribution in [0.2, 0.25) is 0 Å². The lowest BCUT2D eigenvalue weighted by atomic mass is 9.99. The van der Waals surface area contributed by atoms with E-state index in [4.69, 9.17) is 0 Å². The summed E-state index contributed by atoms with van der Waals surface area (Å²) in [4.78, 5) is 4.15. The molecule has 1 aliphatic heterocycles. The first-order chi connectivity index (χ1) is 8.31. The maximum absolute atomic E-state index is 14.1. The van der Waals surface area contributed by atoms with E-state index in [-0.39, 0.29) is 6.04 Å². The van der Waals surface area contributed by atoms with Crippen molar-refractivity contribution in [3.63, 3.8) is 0 Å². The predicted octanol–water partition coefficient (Wildman–Crippen LogP) is 1.71. The molecule has 0 amide bonds. The lowest BCUT2D eigenvalue weighted by Crippen LogP contribution is -2.42. The topological polar surface area (TPSA) is 42.7 Å². The minimum atomic E-state index is -0.852. The van der Waals surface area contributed by atoms with Gasteiger partial charge in [0.25, 0.3) is 0 Å². The molecule has 4 nitrogen and oxygen atoms in total. The van der Waals surface area contributed by atoms with Gasteiger partial charge < -0.3 is 5.32 Å². The Morgan fingerprint density at radius 3 is 3.18 bits per heavy atom. The van der Waals surface area contributed by atoms with Crippen molar-refractivity contribution in [2.75, 3.05) is 6.54 Å². The van der Waals surface area contributed by atoms with Gasteiger partial charge in [0.2, 0.25) is 0 Å². The summed E-state index contributed by atoms with van der Waals surface area (Å²) in [6, 6.07) is -0.00414. The van der Waals surface area contributed by atoms with Gasteiger partial charge >= 0.3 is 0 Å². The third-order valence-electron chi connectivity index (χ3n) is 3.29. The Bertz CT molecular complexity index is 333. The molecule has 0 aromatic carbocycles. The van der Waals surface area contributed by atoms with E-state index in [9.17, 15) is 4.39 Å². The predicted molar refractivity (Wildman–Crippen MR) is 64.6 cm³/mol. The molecule has 0 bridgehead atoms. The number of aryl methyl sites for hydroxylation is 1. The summed E-state index contributed by atoms with van der Waals surface area (Å²) in [5, 5.41) is 7.37. The number of halogens is 1. The van der Waals surface area contributed by atoms with Crippen LogP contribution in [0.4, 0.5) is 4.39 Å². The summed E-state index contributed by atoms with van der Waals surface area (Å²) in [6.45, 7) is 3.84. The van der Waals surface area contributed by atoms with E-state index in [0.29, 0.717) is 6.42 Å². The van der Waals surface area contributed by atoms with Gasteiger partial charge in [0.1, 0.15) is 18.3 Å². The Kier molecular flexibility index (Phi) is 4.48. The Labute approximate surface area is 102 Å². The molecule has 0 radical (unpaired) electrons. The summed E-state index contributed by atoms with van der Waals surface area (Å²) in [5.41, 5.74) is 0. The van der Waals surface area contributed by atoms with E-state index >= 15 is 0 Å². The molecule has 96 valence electrons. The first-order valence-corrected chi connectivity index (χ1v) is 6.55. The van der Waals surface area contributed by atoms with Crippen LogP contribution in [-0.2, 0) is 13.0 Å². The smallest absolute Gasteiger partial charge is 0.138 e. The first-order valence-electron chi connectivity index (χ1n) is 6.55. The van der Waals surface area contributed by atoms with Gasteiger partial charge in [-0.1, -0.05) is 13.3 Å². The maximum atomic E-state index is 14.1. The second-order valence-electron chi connectivity index (χ2n) is 4.68. The zero-order valence-corrected chi connectivity index (χ0v) is 10.4. The molecule has 1 aromatic heterocycles. The van der Waals surface area contributed by atoms with Gasteiger partial charge in [0.15, 0.2) is 0 Å². The SMILES string of the molecule is CCCn1ncnc1CC(F)C1CCCCN1. The van der Waals surface area contributed by atoms with Crippen molar-refractivity contribution in [1.82, 2.24) is 20.1 Å². The number of hydrogen-bond acceptors (Lipinski definition) is 3.